The van der Waals surface area contributed by atoms with Crippen LogP contribution in [0.4, 0.5) is 0 Å². The number of carboxylic acids is 1. The van der Waals surface area contributed by atoms with Crippen LogP contribution >= 0.6 is 11.6 Å². The summed E-state index contributed by atoms with van der Waals surface area (Å²) in [7, 11) is 1.48. The van der Waals surface area contributed by atoms with Crippen LogP contribution in [0.3, 0.4) is 0 Å². The SMILES string of the molecule is COc1ccc(C(C)(C#N)C(=O)O)c(Cl)c1. The van der Waals surface area contributed by atoms with Crippen LogP contribution in [0.25, 0.3) is 0 Å². The lowest BCUT2D eigenvalue weighted by Gasteiger charge is -2.18. The molecule has 0 fully saturated rings. The summed E-state index contributed by atoms with van der Waals surface area (Å²) in [4.78, 5) is 11.0. The van der Waals surface area contributed by atoms with E-state index in [0.29, 0.717) is 5.75 Å². The first kappa shape index (κ1) is 12.3. The number of rotatable bonds is 3. The van der Waals surface area contributed by atoms with E-state index in [0.717, 1.165) is 0 Å². The molecule has 5 heteroatoms. The summed E-state index contributed by atoms with van der Waals surface area (Å²) < 4.78 is 4.94. The van der Waals surface area contributed by atoms with Crippen molar-refractivity contribution in [1.82, 2.24) is 0 Å². The molecule has 1 atom stereocenters. The van der Waals surface area contributed by atoms with Gasteiger partial charge in [-0.3, -0.25) is 4.79 Å². The normalized spacial score (nSPS) is 13.6. The van der Waals surface area contributed by atoms with Gasteiger partial charge in [0.05, 0.1) is 13.2 Å². The number of aliphatic carboxylic acids is 1. The molecule has 0 heterocycles. The second kappa shape index (κ2) is 4.42. The Balaban J connectivity index is 3.34. The Morgan fingerprint density at radius 1 is 1.62 bits per heavy atom. The Labute approximate surface area is 98.0 Å². The Morgan fingerprint density at radius 3 is 2.62 bits per heavy atom. The van der Waals surface area contributed by atoms with Gasteiger partial charge in [-0.1, -0.05) is 17.7 Å². The van der Waals surface area contributed by atoms with Crippen molar-refractivity contribution in [3.05, 3.63) is 28.8 Å². The molecule has 0 bridgehead atoms. The van der Waals surface area contributed by atoms with Crippen LogP contribution in [0.5, 0.6) is 5.75 Å². The Morgan fingerprint density at radius 2 is 2.25 bits per heavy atom. The Hall–Kier alpha value is -1.73. The minimum Gasteiger partial charge on any atom is -0.497 e. The first-order chi connectivity index (χ1) is 7.45. The van der Waals surface area contributed by atoms with Crippen LogP contribution < -0.4 is 4.74 Å². The van der Waals surface area contributed by atoms with Gasteiger partial charge in [-0.15, -0.1) is 0 Å². The minimum absolute atomic E-state index is 0.200. The maximum Gasteiger partial charge on any atom is 0.328 e. The van der Waals surface area contributed by atoms with Gasteiger partial charge in [-0.05, 0) is 19.1 Å². The van der Waals surface area contributed by atoms with Gasteiger partial charge in [-0.2, -0.15) is 5.26 Å². The number of hydrogen-bond acceptors (Lipinski definition) is 3. The second-order valence-corrected chi connectivity index (χ2v) is 3.79. The third kappa shape index (κ3) is 1.95. The lowest BCUT2D eigenvalue weighted by molar-refractivity contribution is -0.141. The highest BCUT2D eigenvalue weighted by Crippen LogP contribution is 2.32. The van der Waals surface area contributed by atoms with Crippen molar-refractivity contribution in [3.63, 3.8) is 0 Å². The third-order valence-electron chi connectivity index (χ3n) is 2.37. The van der Waals surface area contributed by atoms with Gasteiger partial charge in [0.15, 0.2) is 5.41 Å². The summed E-state index contributed by atoms with van der Waals surface area (Å²) in [5.74, 6) is -0.721. The van der Waals surface area contributed by atoms with E-state index < -0.39 is 11.4 Å². The molecule has 0 aliphatic rings. The zero-order valence-corrected chi connectivity index (χ0v) is 9.58. The van der Waals surface area contributed by atoms with Gasteiger partial charge in [0.1, 0.15) is 5.75 Å². The lowest BCUT2D eigenvalue weighted by atomic mass is 9.84. The van der Waals surface area contributed by atoms with Gasteiger partial charge in [0, 0.05) is 10.6 Å². The highest BCUT2D eigenvalue weighted by Gasteiger charge is 2.37. The quantitative estimate of drug-likeness (QED) is 0.878. The predicted molar refractivity (Wildman–Crippen MR) is 58.6 cm³/mol. The maximum atomic E-state index is 11.0. The third-order valence-corrected chi connectivity index (χ3v) is 2.68. The monoisotopic (exact) mass is 239 g/mol. The first-order valence-electron chi connectivity index (χ1n) is 4.44. The minimum atomic E-state index is -1.65. The highest BCUT2D eigenvalue weighted by molar-refractivity contribution is 6.32. The van der Waals surface area contributed by atoms with E-state index in [1.807, 2.05) is 0 Å². The summed E-state index contributed by atoms with van der Waals surface area (Å²) in [5.41, 5.74) is -1.39. The lowest BCUT2D eigenvalue weighted by Crippen LogP contribution is -2.30. The number of nitriles is 1. The van der Waals surface area contributed by atoms with E-state index in [1.54, 1.807) is 12.1 Å². The molecule has 84 valence electrons. The Bertz CT molecular complexity index is 467. The number of halogens is 1. The van der Waals surface area contributed by atoms with Crippen molar-refractivity contribution >= 4 is 17.6 Å². The molecule has 0 saturated carbocycles. The van der Waals surface area contributed by atoms with E-state index in [2.05, 4.69) is 0 Å². The van der Waals surface area contributed by atoms with E-state index >= 15 is 0 Å². The molecule has 0 amide bonds. The van der Waals surface area contributed by atoms with E-state index in [9.17, 15) is 4.79 Å². The van der Waals surface area contributed by atoms with Crippen LogP contribution in [0, 0.1) is 11.3 Å². The molecule has 1 rings (SSSR count). The predicted octanol–water partition coefficient (Wildman–Crippen LogP) is 2.21. The molecular weight excluding hydrogens is 230 g/mol. The summed E-state index contributed by atoms with van der Waals surface area (Å²) in [6.45, 7) is 1.31. The average molecular weight is 240 g/mol. The van der Waals surface area contributed by atoms with Crippen molar-refractivity contribution < 1.29 is 14.6 Å². The van der Waals surface area contributed by atoms with Crippen LogP contribution in [0.15, 0.2) is 18.2 Å². The van der Waals surface area contributed by atoms with Gasteiger partial charge in [-0.25, -0.2) is 0 Å². The molecule has 0 aliphatic carbocycles. The zero-order valence-electron chi connectivity index (χ0n) is 8.82. The van der Waals surface area contributed by atoms with E-state index in [1.165, 1.54) is 26.2 Å². The van der Waals surface area contributed by atoms with Crippen molar-refractivity contribution in [1.29, 1.82) is 5.26 Å². The fourth-order valence-corrected chi connectivity index (χ4v) is 1.61. The fourth-order valence-electron chi connectivity index (χ4n) is 1.25. The van der Waals surface area contributed by atoms with Crippen LogP contribution in [-0.4, -0.2) is 18.2 Å². The fraction of sp³-hybridized carbons (Fsp3) is 0.273. The van der Waals surface area contributed by atoms with E-state index in [-0.39, 0.29) is 10.6 Å². The molecule has 1 aromatic rings. The molecule has 4 nitrogen and oxygen atoms in total. The van der Waals surface area contributed by atoms with Crippen molar-refractivity contribution in [2.24, 2.45) is 0 Å². The molecule has 1 unspecified atom stereocenters. The summed E-state index contributed by atoms with van der Waals surface area (Å²) in [5, 5.41) is 18.2. The van der Waals surface area contributed by atoms with Crippen LogP contribution in [-0.2, 0) is 10.2 Å². The van der Waals surface area contributed by atoms with E-state index in [4.69, 9.17) is 26.7 Å². The molecule has 0 aromatic heterocycles. The first-order valence-corrected chi connectivity index (χ1v) is 4.82. The molecule has 0 saturated heterocycles. The van der Waals surface area contributed by atoms with Gasteiger partial charge in [0.2, 0.25) is 0 Å². The maximum absolute atomic E-state index is 11.0. The van der Waals surface area contributed by atoms with Gasteiger partial charge >= 0.3 is 5.97 Å². The highest BCUT2D eigenvalue weighted by atomic mass is 35.5. The summed E-state index contributed by atoms with van der Waals surface area (Å²) in [6, 6.07) is 6.28. The molecule has 1 aromatic carbocycles. The van der Waals surface area contributed by atoms with Crippen molar-refractivity contribution in [2.45, 2.75) is 12.3 Å². The molecule has 0 spiro atoms. The molecular formula is C11H10ClNO3. The largest absolute Gasteiger partial charge is 0.497 e. The van der Waals surface area contributed by atoms with Gasteiger partial charge in [0.25, 0.3) is 0 Å². The van der Waals surface area contributed by atoms with Crippen molar-refractivity contribution in [3.8, 4) is 11.8 Å². The number of methoxy groups -OCH3 is 1. The number of nitrogens with zero attached hydrogens (tertiary/aromatic N) is 1. The number of carboxylic acid groups (broad SMARTS) is 1. The molecule has 0 radical (unpaired) electrons. The average Bonchev–Trinajstić information content (AvgIpc) is 2.27. The van der Waals surface area contributed by atoms with Crippen LogP contribution in [0.1, 0.15) is 12.5 Å². The number of ether oxygens (including phenoxy) is 1. The Kier molecular flexibility index (Phi) is 3.41. The topological polar surface area (TPSA) is 70.3 Å². The summed E-state index contributed by atoms with van der Waals surface area (Å²) in [6.07, 6.45) is 0. The second-order valence-electron chi connectivity index (χ2n) is 3.39. The molecule has 1 N–H and O–H groups in total. The summed E-state index contributed by atoms with van der Waals surface area (Å²) >= 11 is 5.92. The van der Waals surface area contributed by atoms with Crippen molar-refractivity contribution in [2.75, 3.05) is 7.11 Å². The van der Waals surface area contributed by atoms with Crippen LogP contribution in [0.2, 0.25) is 5.02 Å². The number of benzene rings is 1. The number of carbonyl (C=O) groups is 1. The van der Waals surface area contributed by atoms with Gasteiger partial charge < -0.3 is 9.84 Å². The molecule has 16 heavy (non-hydrogen) atoms. The molecule has 0 aliphatic heterocycles. The number of hydrogen-bond donors (Lipinski definition) is 1. The standard InChI is InChI=1S/C11H10ClNO3/c1-11(6-13,10(14)15)8-4-3-7(16-2)5-9(8)12/h3-5H,1-2H3,(H,14,15). The zero-order chi connectivity index (χ0) is 12.3. The smallest absolute Gasteiger partial charge is 0.328 e.